The summed E-state index contributed by atoms with van der Waals surface area (Å²) in [7, 11) is 0. The molecule has 0 aromatic carbocycles. The molecule has 0 saturated heterocycles. The van der Waals surface area contributed by atoms with Gasteiger partial charge in [0.15, 0.2) is 5.82 Å². The summed E-state index contributed by atoms with van der Waals surface area (Å²) in [5, 5.41) is -0.0589. The van der Waals surface area contributed by atoms with E-state index in [-0.39, 0.29) is 10.2 Å². The summed E-state index contributed by atoms with van der Waals surface area (Å²) in [4.78, 5) is 3.39. The van der Waals surface area contributed by atoms with E-state index in [2.05, 4.69) is 11.1 Å². The zero-order chi connectivity index (χ0) is 6.85. The van der Waals surface area contributed by atoms with Gasteiger partial charge >= 0.3 is 0 Å². The summed E-state index contributed by atoms with van der Waals surface area (Å²) in [6.45, 7) is 0. The van der Waals surface area contributed by atoms with Crippen LogP contribution in [0.1, 0.15) is 0 Å². The molecule has 0 aliphatic carbocycles. The Bertz CT molecular complexity index is 226. The first-order chi connectivity index (χ1) is 4.20. The molecular weight excluding hydrogens is 164 g/mol. The Labute approximate surface area is 61.4 Å². The molecule has 1 heterocycles. The largest absolute Gasteiger partial charge is 0.241 e. The fourth-order valence-electron chi connectivity index (χ4n) is 0.353. The van der Waals surface area contributed by atoms with Crippen LogP contribution in [0, 0.1) is 11.9 Å². The lowest BCUT2D eigenvalue weighted by atomic mass is 10.5. The number of nitrogens with zero attached hydrogens (tertiary/aromatic N) is 1. The third-order valence-electron chi connectivity index (χ3n) is 0.714. The minimum Gasteiger partial charge on any atom is -0.241 e. The van der Waals surface area contributed by atoms with Crippen molar-refractivity contribution >= 4 is 23.2 Å². The summed E-state index contributed by atoms with van der Waals surface area (Å²) in [6.07, 6.45) is 0.946. The molecule has 0 spiro atoms. The van der Waals surface area contributed by atoms with E-state index in [1.165, 1.54) is 0 Å². The lowest BCUT2D eigenvalue weighted by Crippen LogP contribution is -1.79. The fourth-order valence-corrected chi connectivity index (χ4v) is 0.683. The van der Waals surface area contributed by atoms with Crippen molar-refractivity contribution in [2.75, 3.05) is 0 Å². The van der Waals surface area contributed by atoms with Crippen LogP contribution < -0.4 is 0 Å². The van der Waals surface area contributed by atoms with Gasteiger partial charge in [0, 0.05) is 6.07 Å². The van der Waals surface area contributed by atoms with Crippen LogP contribution in [0.4, 0.5) is 4.39 Å². The predicted octanol–water partition coefficient (Wildman–Crippen LogP) is 2.33. The number of pyridine rings is 1. The molecule has 9 heavy (non-hydrogen) atoms. The standard InChI is InChI=1S/C5HCl2FN/c6-3-1-5(7)9-2-4(3)8/h2H. The van der Waals surface area contributed by atoms with E-state index in [1.54, 1.807) is 0 Å². The normalized spacial score (nSPS) is 9.67. The second kappa shape index (κ2) is 2.50. The summed E-state index contributed by atoms with van der Waals surface area (Å²) >= 11 is 10.6. The van der Waals surface area contributed by atoms with E-state index in [0.717, 1.165) is 6.20 Å². The van der Waals surface area contributed by atoms with E-state index >= 15 is 0 Å². The quantitative estimate of drug-likeness (QED) is 0.537. The maximum absolute atomic E-state index is 12.2. The highest BCUT2D eigenvalue weighted by Gasteiger charge is 1.99. The van der Waals surface area contributed by atoms with Crippen molar-refractivity contribution in [1.82, 2.24) is 4.98 Å². The van der Waals surface area contributed by atoms with Gasteiger partial charge in [0.05, 0.1) is 11.2 Å². The molecule has 0 aliphatic rings. The van der Waals surface area contributed by atoms with Crippen LogP contribution in [0.25, 0.3) is 0 Å². The Morgan fingerprint density at radius 2 is 2.22 bits per heavy atom. The van der Waals surface area contributed by atoms with Crippen molar-refractivity contribution in [2.45, 2.75) is 0 Å². The second-order valence-corrected chi connectivity index (χ2v) is 2.07. The molecule has 0 atom stereocenters. The first kappa shape index (κ1) is 6.78. The smallest absolute Gasteiger partial charge is 0.160 e. The maximum atomic E-state index is 12.2. The topological polar surface area (TPSA) is 12.9 Å². The van der Waals surface area contributed by atoms with Gasteiger partial charge in [0.1, 0.15) is 5.15 Å². The number of halogens is 3. The molecule has 0 bridgehead atoms. The molecule has 47 valence electrons. The van der Waals surface area contributed by atoms with Gasteiger partial charge in [-0.1, -0.05) is 23.2 Å². The van der Waals surface area contributed by atoms with Crippen molar-refractivity contribution in [3.05, 3.63) is 28.3 Å². The van der Waals surface area contributed by atoms with Crippen LogP contribution in [-0.4, -0.2) is 4.98 Å². The Morgan fingerprint density at radius 3 is 2.67 bits per heavy atom. The van der Waals surface area contributed by atoms with Crippen molar-refractivity contribution < 1.29 is 4.39 Å². The van der Waals surface area contributed by atoms with Crippen molar-refractivity contribution in [2.24, 2.45) is 0 Å². The van der Waals surface area contributed by atoms with Gasteiger partial charge in [0.25, 0.3) is 0 Å². The Hall–Kier alpha value is -0.340. The molecule has 1 nitrogen and oxygen atoms in total. The van der Waals surface area contributed by atoms with Crippen LogP contribution in [0.15, 0.2) is 6.20 Å². The fraction of sp³-hybridized carbons (Fsp3) is 0. The third kappa shape index (κ3) is 1.53. The first-order valence-corrected chi connectivity index (χ1v) is 2.84. The van der Waals surface area contributed by atoms with Gasteiger partial charge in [-0.15, -0.1) is 0 Å². The molecule has 1 radical (unpaired) electrons. The number of hydrogen-bond donors (Lipinski definition) is 0. The molecule has 0 aliphatic heterocycles. The van der Waals surface area contributed by atoms with Gasteiger partial charge in [-0.2, -0.15) is 0 Å². The van der Waals surface area contributed by atoms with E-state index in [9.17, 15) is 4.39 Å². The van der Waals surface area contributed by atoms with Gasteiger partial charge < -0.3 is 0 Å². The summed E-state index contributed by atoms with van der Waals surface area (Å²) < 4.78 is 12.2. The molecule has 0 N–H and O–H groups in total. The summed E-state index contributed by atoms with van der Waals surface area (Å²) in [5.74, 6) is -0.610. The molecular formula is C5HCl2FN. The molecule has 0 saturated carbocycles. The molecule has 1 aromatic heterocycles. The lowest BCUT2D eigenvalue weighted by molar-refractivity contribution is 0.621. The minimum absolute atomic E-state index is 0.0707. The van der Waals surface area contributed by atoms with Crippen molar-refractivity contribution in [3.63, 3.8) is 0 Å². The van der Waals surface area contributed by atoms with Crippen LogP contribution in [0.3, 0.4) is 0 Å². The Balaban J connectivity index is 3.17. The molecule has 0 fully saturated rings. The predicted molar refractivity (Wildman–Crippen MR) is 33.1 cm³/mol. The average molecular weight is 165 g/mol. The van der Waals surface area contributed by atoms with Crippen LogP contribution in [0.5, 0.6) is 0 Å². The molecule has 1 aromatic rings. The van der Waals surface area contributed by atoms with Crippen molar-refractivity contribution in [1.29, 1.82) is 0 Å². The zero-order valence-corrected chi connectivity index (χ0v) is 5.67. The van der Waals surface area contributed by atoms with Crippen LogP contribution >= 0.6 is 23.2 Å². The van der Waals surface area contributed by atoms with Crippen LogP contribution in [0.2, 0.25) is 10.2 Å². The highest BCUT2D eigenvalue weighted by molar-refractivity contribution is 6.33. The van der Waals surface area contributed by atoms with Crippen LogP contribution in [-0.2, 0) is 0 Å². The molecule has 1 rings (SSSR count). The average Bonchev–Trinajstić information content (AvgIpc) is 1.80. The SMILES string of the molecule is Fc1cnc(Cl)[c]c1Cl. The highest BCUT2D eigenvalue weighted by atomic mass is 35.5. The summed E-state index contributed by atoms with van der Waals surface area (Å²) in [5.41, 5.74) is 0. The van der Waals surface area contributed by atoms with E-state index in [0.29, 0.717) is 0 Å². The van der Waals surface area contributed by atoms with Gasteiger partial charge in [-0.25, -0.2) is 9.37 Å². The monoisotopic (exact) mass is 164 g/mol. The van der Waals surface area contributed by atoms with E-state index in [1.807, 2.05) is 0 Å². The van der Waals surface area contributed by atoms with Crippen molar-refractivity contribution in [3.8, 4) is 0 Å². The lowest BCUT2D eigenvalue weighted by Gasteiger charge is -1.89. The van der Waals surface area contributed by atoms with Gasteiger partial charge in [-0.05, 0) is 0 Å². The number of aromatic nitrogens is 1. The zero-order valence-electron chi connectivity index (χ0n) is 4.16. The second-order valence-electron chi connectivity index (χ2n) is 1.34. The number of hydrogen-bond acceptors (Lipinski definition) is 1. The number of rotatable bonds is 0. The highest BCUT2D eigenvalue weighted by Crippen LogP contribution is 2.14. The molecule has 0 unspecified atom stereocenters. The molecule has 0 amide bonds. The minimum atomic E-state index is -0.610. The van der Waals surface area contributed by atoms with Gasteiger partial charge in [0.2, 0.25) is 0 Å². The molecule has 4 heteroatoms. The van der Waals surface area contributed by atoms with E-state index in [4.69, 9.17) is 23.2 Å². The Kier molecular flexibility index (Phi) is 1.88. The maximum Gasteiger partial charge on any atom is 0.160 e. The Morgan fingerprint density at radius 1 is 1.56 bits per heavy atom. The van der Waals surface area contributed by atoms with Gasteiger partial charge in [-0.3, -0.25) is 0 Å². The first-order valence-electron chi connectivity index (χ1n) is 2.09. The summed E-state index contributed by atoms with van der Waals surface area (Å²) in [6, 6.07) is 2.28. The third-order valence-corrected chi connectivity index (χ3v) is 1.18. The van der Waals surface area contributed by atoms with E-state index < -0.39 is 5.82 Å².